The van der Waals surface area contributed by atoms with Crippen LogP contribution in [-0.2, 0) is 29.0 Å². The van der Waals surface area contributed by atoms with Gasteiger partial charge in [0.1, 0.15) is 11.9 Å². The standard InChI is InChI=1S/C25H27Cl2N5O2/c26-19-9-6-17(12-20(19)27)13-22(25(34)31-15-18-8-11-23(29)30-14-18)32-24(33)21(28)10-7-16-4-2-1-3-5-16/h1-6,8-9,11-12,14,21-22H,7,10,13,15,28H2,(H2,29,30)(H,31,34)(H,32,33)/t21?,22-/m0/s1. The fourth-order valence-corrected chi connectivity index (χ4v) is 3.66. The summed E-state index contributed by atoms with van der Waals surface area (Å²) in [6.07, 6.45) is 2.92. The van der Waals surface area contributed by atoms with Crippen LogP contribution in [0.4, 0.5) is 5.82 Å². The zero-order valence-electron chi connectivity index (χ0n) is 18.5. The monoisotopic (exact) mass is 499 g/mol. The van der Waals surface area contributed by atoms with Crippen LogP contribution in [0, 0.1) is 0 Å². The van der Waals surface area contributed by atoms with E-state index in [1.165, 1.54) is 0 Å². The molecule has 0 bridgehead atoms. The number of nitrogens with one attached hydrogen (secondary N) is 2. The molecule has 0 aliphatic carbocycles. The number of anilines is 1. The summed E-state index contributed by atoms with van der Waals surface area (Å²) in [4.78, 5) is 29.8. The van der Waals surface area contributed by atoms with Gasteiger partial charge in [0.15, 0.2) is 0 Å². The van der Waals surface area contributed by atoms with Crippen LogP contribution in [0.2, 0.25) is 10.0 Å². The molecule has 0 fully saturated rings. The molecule has 1 unspecified atom stereocenters. The summed E-state index contributed by atoms with van der Waals surface area (Å²) in [5.41, 5.74) is 14.4. The summed E-state index contributed by atoms with van der Waals surface area (Å²) >= 11 is 12.1. The normalized spacial score (nSPS) is 12.6. The van der Waals surface area contributed by atoms with Crippen molar-refractivity contribution in [2.75, 3.05) is 5.73 Å². The van der Waals surface area contributed by atoms with E-state index in [2.05, 4.69) is 15.6 Å². The van der Waals surface area contributed by atoms with E-state index in [1.54, 1.807) is 36.5 Å². The molecule has 6 N–H and O–H groups in total. The molecule has 1 aromatic heterocycles. The quantitative estimate of drug-likeness (QED) is 0.340. The molecular formula is C25H27Cl2N5O2. The Morgan fingerprint density at radius 3 is 2.32 bits per heavy atom. The third kappa shape index (κ3) is 7.73. The number of carbonyl (C=O) groups excluding carboxylic acids is 2. The minimum absolute atomic E-state index is 0.222. The zero-order chi connectivity index (χ0) is 24.5. The van der Waals surface area contributed by atoms with Gasteiger partial charge in [0, 0.05) is 19.2 Å². The van der Waals surface area contributed by atoms with Crippen molar-refractivity contribution in [2.45, 2.75) is 37.9 Å². The van der Waals surface area contributed by atoms with E-state index in [0.717, 1.165) is 16.7 Å². The smallest absolute Gasteiger partial charge is 0.243 e. The van der Waals surface area contributed by atoms with Gasteiger partial charge in [-0.25, -0.2) is 4.98 Å². The number of nitrogens with zero attached hydrogens (tertiary/aromatic N) is 1. The van der Waals surface area contributed by atoms with E-state index in [9.17, 15) is 9.59 Å². The van der Waals surface area contributed by atoms with Gasteiger partial charge in [-0.05, 0) is 47.7 Å². The van der Waals surface area contributed by atoms with Crippen molar-refractivity contribution < 1.29 is 9.59 Å². The Bertz CT molecular complexity index is 1110. The van der Waals surface area contributed by atoms with Crippen molar-refractivity contribution in [3.05, 3.63) is 93.6 Å². The van der Waals surface area contributed by atoms with Crippen LogP contribution in [0.15, 0.2) is 66.9 Å². The van der Waals surface area contributed by atoms with Crippen LogP contribution < -0.4 is 22.1 Å². The van der Waals surface area contributed by atoms with E-state index in [4.69, 9.17) is 34.7 Å². The number of aryl methyl sites for hydroxylation is 1. The lowest BCUT2D eigenvalue weighted by atomic mass is 10.0. The van der Waals surface area contributed by atoms with Crippen LogP contribution in [0.1, 0.15) is 23.1 Å². The molecule has 0 saturated carbocycles. The Morgan fingerprint density at radius 1 is 0.912 bits per heavy atom. The number of nitrogen functional groups attached to an aromatic ring is 1. The van der Waals surface area contributed by atoms with Gasteiger partial charge in [-0.2, -0.15) is 0 Å². The maximum Gasteiger partial charge on any atom is 0.243 e. The van der Waals surface area contributed by atoms with Crippen LogP contribution in [0.3, 0.4) is 0 Å². The second-order valence-electron chi connectivity index (χ2n) is 7.95. The lowest BCUT2D eigenvalue weighted by Gasteiger charge is -2.21. The van der Waals surface area contributed by atoms with Crippen molar-refractivity contribution >= 4 is 40.8 Å². The Hall–Kier alpha value is -3.13. The first-order valence-electron chi connectivity index (χ1n) is 10.8. The van der Waals surface area contributed by atoms with Gasteiger partial charge < -0.3 is 22.1 Å². The Kier molecular flexibility index (Phi) is 9.27. The largest absolute Gasteiger partial charge is 0.384 e. The maximum absolute atomic E-state index is 13.0. The number of pyridine rings is 1. The van der Waals surface area contributed by atoms with E-state index in [0.29, 0.717) is 28.7 Å². The predicted molar refractivity (Wildman–Crippen MR) is 135 cm³/mol. The average molecular weight is 500 g/mol. The number of halogens is 2. The molecule has 2 aromatic carbocycles. The number of carbonyl (C=O) groups is 2. The zero-order valence-corrected chi connectivity index (χ0v) is 20.0. The fraction of sp³-hybridized carbons (Fsp3) is 0.240. The topological polar surface area (TPSA) is 123 Å². The first-order valence-corrected chi connectivity index (χ1v) is 11.6. The van der Waals surface area contributed by atoms with E-state index in [1.807, 2.05) is 30.3 Å². The van der Waals surface area contributed by atoms with Crippen LogP contribution >= 0.6 is 23.2 Å². The molecule has 2 atom stereocenters. The molecule has 34 heavy (non-hydrogen) atoms. The molecule has 2 amide bonds. The minimum Gasteiger partial charge on any atom is -0.384 e. The SMILES string of the molecule is Nc1ccc(CNC(=O)[C@H](Cc2ccc(Cl)c(Cl)c2)NC(=O)C(N)CCc2ccccc2)cn1. The van der Waals surface area contributed by atoms with Gasteiger partial charge in [-0.1, -0.05) is 65.7 Å². The van der Waals surface area contributed by atoms with Gasteiger partial charge in [-0.15, -0.1) is 0 Å². The lowest BCUT2D eigenvalue weighted by Crippen LogP contribution is -2.52. The van der Waals surface area contributed by atoms with Gasteiger partial charge in [0.25, 0.3) is 0 Å². The highest BCUT2D eigenvalue weighted by molar-refractivity contribution is 6.42. The molecule has 0 saturated heterocycles. The van der Waals surface area contributed by atoms with E-state index in [-0.39, 0.29) is 18.9 Å². The number of aromatic nitrogens is 1. The van der Waals surface area contributed by atoms with Crippen molar-refractivity contribution in [1.29, 1.82) is 0 Å². The Morgan fingerprint density at radius 2 is 1.65 bits per heavy atom. The van der Waals surface area contributed by atoms with E-state index < -0.39 is 18.0 Å². The number of hydrogen-bond acceptors (Lipinski definition) is 5. The Balaban J connectivity index is 1.66. The van der Waals surface area contributed by atoms with Crippen LogP contribution in [0.25, 0.3) is 0 Å². The highest BCUT2D eigenvalue weighted by Gasteiger charge is 2.24. The lowest BCUT2D eigenvalue weighted by molar-refractivity contribution is -0.129. The van der Waals surface area contributed by atoms with Crippen LogP contribution in [0.5, 0.6) is 0 Å². The summed E-state index contributed by atoms with van der Waals surface area (Å²) < 4.78 is 0. The second-order valence-corrected chi connectivity index (χ2v) is 8.77. The summed E-state index contributed by atoms with van der Waals surface area (Å²) in [6.45, 7) is 0.236. The molecule has 3 rings (SSSR count). The van der Waals surface area contributed by atoms with Gasteiger partial charge in [-0.3, -0.25) is 9.59 Å². The van der Waals surface area contributed by atoms with Gasteiger partial charge in [0.05, 0.1) is 16.1 Å². The second kappa shape index (κ2) is 12.4. The Labute approximate surface area is 208 Å². The van der Waals surface area contributed by atoms with E-state index >= 15 is 0 Å². The highest BCUT2D eigenvalue weighted by Crippen LogP contribution is 2.23. The predicted octanol–water partition coefficient (Wildman–Crippen LogP) is 3.27. The van der Waals surface area contributed by atoms with Crippen molar-refractivity contribution in [2.24, 2.45) is 5.73 Å². The molecule has 9 heteroatoms. The number of amides is 2. The first kappa shape index (κ1) is 25.5. The molecule has 3 aromatic rings. The molecule has 0 aliphatic heterocycles. The summed E-state index contributed by atoms with van der Waals surface area (Å²) in [5.74, 6) is -0.360. The molecule has 7 nitrogen and oxygen atoms in total. The number of nitrogens with two attached hydrogens (primary N) is 2. The third-order valence-electron chi connectivity index (χ3n) is 5.29. The first-order chi connectivity index (χ1) is 16.3. The molecule has 1 heterocycles. The van der Waals surface area contributed by atoms with Crippen molar-refractivity contribution in [3.63, 3.8) is 0 Å². The molecule has 0 spiro atoms. The van der Waals surface area contributed by atoms with Crippen molar-refractivity contribution in [3.8, 4) is 0 Å². The molecular weight excluding hydrogens is 473 g/mol. The number of hydrogen-bond donors (Lipinski definition) is 4. The number of rotatable bonds is 10. The third-order valence-corrected chi connectivity index (χ3v) is 6.03. The van der Waals surface area contributed by atoms with Gasteiger partial charge in [0.2, 0.25) is 11.8 Å². The number of benzene rings is 2. The summed E-state index contributed by atoms with van der Waals surface area (Å²) in [6, 6.07) is 16.7. The van der Waals surface area contributed by atoms with Gasteiger partial charge >= 0.3 is 0 Å². The summed E-state index contributed by atoms with van der Waals surface area (Å²) in [5, 5.41) is 6.41. The van der Waals surface area contributed by atoms with Crippen LogP contribution in [-0.4, -0.2) is 28.9 Å². The van der Waals surface area contributed by atoms with Crippen molar-refractivity contribution in [1.82, 2.24) is 15.6 Å². The molecule has 178 valence electrons. The minimum atomic E-state index is -0.853. The molecule has 0 aliphatic rings. The molecule has 0 radical (unpaired) electrons. The summed E-state index contributed by atoms with van der Waals surface area (Å²) in [7, 11) is 0. The average Bonchev–Trinajstić information content (AvgIpc) is 2.84. The highest BCUT2D eigenvalue weighted by atomic mass is 35.5. The fourth-order valence-electron chi connectivity index (χ4n) is 3.34. The maximum atomic E-state index is 13.0.